The zero-order valence-corrected chi connectivity index (χ0v) is 25.2. The molecule has 0 amide bonds. The summed E-state index contributed by atoms with van der Waals surface area (Å²) in [4.78, 5) is 27.8. The number of hydrogen-bond donors (Lipinski definition) is 2. The molecule has 2 N–H and O–H groups in total. The van der Waals surface area contributed by atoms with E-state index in [0.29, 0.717) is 23.4 Å². The molecular formula is C39H38N2O4. The average molecular weight is 599 g/mol. The Morgan fingerprint density at radius 1 is 0.667 bits per heavy atom. The molecule has 0 saturated heterocycles. The van der Waals surface area contributed by atoms with Crippen LogP contribution in [0.4, 0.5) is 5.69 Å². The van der Waals surface area contributed by atoms with Crippen LogP contribution in [0, 0.1) is 0 Å². The molecule has 0 heterocycles. The smallest absolute Gasteiger partial charge is 0.326 e. The quantitative estimate of drug-likeness (QED) is 0.118. The molecule has 1 unspecified atom stereocenters. The van der Waals surface area contributed by atoms with Crippen molar-refractivity contribution in [1.82, 2.24) is 4.90 Å². The number of carbonyl (C=O) groups excluding carboxylic acids is 1. The number of carboxylic acid groups (broad SMARTS) is 1. The third kappa shape index (κ3) is 9.39. The average Bonchev–Trinajstić information content (AvgIpc) is 3.08. The number of para-hydroxylation sites is 1. The molecule has 0 radical (unpaired) electrons. The van der Waals surface area contributed by atoms with E-state index in [1.54, 1.807) is 36.4 Å². The minimum Gasteiger partial charge on any atom is -0.492 e. The van der Waals surface area contributed by atoms with Gasteiger partial charge in [-0.2, -0.15) is 0 Å². The fourth-order valence-corrected chi connectivity index (χ4v) is 5.23. The first-order valence-corrected chi connectivity index (χ1v) is 15.3. The number of hydrogen-bond acceptors (Lipinski definition) is 5. The van der Waals surface area contributed by atoms with Crippen LogP contribution in [0.1, 0.15) is 32.6 Å². The molecule has 5 aromatic rings. The van der Waals surface area contributed by atoms with Crippen LogP contribution in [0.3, 0.4) is 0 Å². The lowest BCUT2D eigenvalue weighted by atomic mass is 10.00. The molecule has 6 nitrogen and oxygen atoms in total. The van der Waals surface area contributed by atoms with E-state index < -0.39 is 12.0 Å². The number of anilines is 1. The van der Waals surface area contributed by atoms with Crippen LogP contribution >= 0.6 is 0 Å². The van der Waals surface area contributed by atoms with Crippen molar-refractivity contribution in [1.29, 1.82) is 0 Å². The highest BCUT2D eigenvalue weighted by Crippen LogP contribution is 2.22. The molecule has 0 bridgehead atoms. The first kappa shape index (κ1) is 31.2. The van der Waals surface area contributed by atoms with Gasteiger partial charge in [0, 0.05) is 42.9 Å². The number of nitrogens with one attached hydrogen (secondary N) is 1. The van der Waals surface area contributed by atoms with Crippen molar-refractivity contribution in [2.75, 3.05) is 25.0 Å². The first-order valence-electron chi connectivity index (χ1n) is 15.3. The minimum atomic E-state index is -0.994. The molecular weight excluding hydrogens is 560 g/mol. The van der Waals surface area contributed by atoms with Crippen molar-refractivity contribution in [3.8, 4) is 5.75 Å². The Hall–Kier alpha value is -5.20. The van der Waals surface area contributed by atoms with E-state index in [1.807, 2.05) is 54.6 Å². The van der Waals surface area contributed by atoms with Gasteiger partial charge >= 0.3 is 5.97 Å². The maximum atomic E-state index is 13.1. The van der Waals surface area contributed by atoms with Crippen LogP contribution in [0.5, 0.6) is 5.75 Å². The van der Waals surface area contributed by atoms with Gasteiger partial charge in [-0.3, -0.25) is 9.69 Å². The highest BCUT2D eigenvalue weighted by molar-refractivity contribution is 6.12. The Morgan fingerprint density at radius 3 is 1.93 bits per heavy atom. The lowest BCUT2D eigenvalue weighted by Crippen LogP contribution is -2.32. The molecule has 0 aliphatic rings. The molecule has 0 saturated carbocycles. The number of aliphatic carboxylic acids is 1. The van der Waals surface area contributed by atoms with Gasteiger partial charge in [0.05, 0.1) is 0 Å². The molecule has 228 valence electrons. The Labute approximate surface area is 264 Å². The summed E-state index contributed by atoms with van der Waals surface area (Å²) < 4.78 is 6.10. The summed E-state index contributed by atoms with van der Waals surface area (Å²) in [5.41, 5.74) is 4.90. The number of carboxylic acids is 1. The van der Waals surface area contributed by atoms with Crippen molar-refractivity contribution in [2.45, 2.75) is 25.4 Å². The topological polar surface area (TPSA) is 78.9 Å². The first-order chi connectivity index (χ1) is 22.0. The van der Waals surface area contributed by atoms with E-state index in [0.717, 1.165) is 37.4 Å². The van der Waals surface area contributed by atoms with Gasteiger partial charge < -0.3 is 15.2 Å². The monoisotopic (exact) mass is 598 g/mol. The summed E-state index contributed by atoms with van der Waals surface area (Å²) in [5.74, 6) is -0.418. The van der Waals surface area contributed by atoms with Crippen LogP contribution in [0.15, 0.2) is 140 Å². The Bertz CT molecular complexity index is 1640. The van der Waals surface area contributed by atoms with Crippen LogP contribution in [0.2, 0.25) is 0 Å². The molecule has 0 spiro atoms. The lowest BCUT2D eigenvalue weighted by Gasteiger charge is -2.23. The standard InChI is InChI=1S/C39H38N2O4/c42-38(33-16-8-3-9-17-33)35-18-10-11-19-36(35)40-37(39(43)44)28-31-20-22-34(23-21-31)45-27-26-41(29-32-14-6-2-7-15-32)25-24-30-12-4-1-5-13-30/h1-23,37,40H,24-29H2,(H,43,44). The summed E-state index contributed by atoms with van der Waals surface area (Å²) in [6.45, 7) is 3.08. The number of carbonyl (C=O) groups is 2. The van der Waals surface area contributed by atoms with Crippen molar-refractivity contribution in [3.05, 3.63) is 167 Å². The SMILES string of the molecule is O=C(c1ccccc1)c1ccccc1NC(Cc1ccc(OCCN(CCc2ccccc2)Cc2ccccc2)cc1)C(=O)O. The normalized spacial score (nSPS) is 11.6. The van der Waals surface area contributed by atoms with Gasteiger partial charge in [0.2, 0.25) is 0 Å². The summed E-state index contributed by atoms with van der Waals surface area (Å²) >= 11 is 0. The van der Waals surface area contributed by atoms with Crippen molar-refractivity contribution >= 4 is 17.4 Å². The van der Waals surface area contributed by atoms with Gasteiger partial charge in [0.15, 0.2) is 5.78 Å². The Balaban J connectivity index is 1.17. The van der Waals surface area contributed by atoms with Gasteiger partial charge in [0.25, 0.3) is 0 Å². The molecule has 5 rings (SSSR count). The number of ketones is 1. The molecule has 1 atom stereocenters. The van der Waals surface area contributed by atoms with E-state index >= 15 is 0 Å². The number of rotatable bonds is 16. The largest absolute Gasteiger partial charge is 0.492 e. The maximum Gasteiger partial charge on any atom is 0.326 e. The van der Waals surface area contributed by atoms with Crippen molar-refractivity contribution < 1.29 is 19.4 Å². The van der Waals surface area contributed by atoms with E-state index in [2.05, 4.69) is 58.7 Å². The van der Waals surface area contributed by atoms with Crippen LogP contribution in [-0.4, -0.2) is 47.5 Å². The predicted molar refractivity (Wildman–Crippen MR) is 179 cm³/mol. The van der Waals surface area contributed by atoms with E-state index in [-0.39, 0.29) is 12.2 Å². The second-order valence-corrected chi connectivity index (χ2v) is 11.0. The number of ether oxygens (including phenoxy) is 1. The Kier molecular flexibility index (Phi) is 11.1. The third-order valence-electron chi connectivity index (χ3n) is 7.68. The highest BCUT2D eigenvalue weighted by atomic mass is 16.5. The molecule has 0 aliphatic carbocycles. The van der Waals surface area contributed by atoms with Gasteiger partial charge in [0.1, 0.15) is 18.4 Å². The van der Waals surface area contributed by atoms with Gasteiger partial charge in [-0.25, -0.2) is 4.79 Å². The number of benzene rings is 5. The fraction of sp³-hybridized carbons (Fsp3) is 0.179. The van der Waals surface area contributed by atoms with Gasteiger partial charge in [-0.05, 0) is 47.4 Å². The van der Waals surface area contributed by atoms with Crippen LogP contribution in [-0.2, 0) is 24.2 Å². The molecule has 0 fully saturated rings. The summed E-state index contributed by atoms with van der Waals surface area (Å²) in [7, 11) is 0. The van der Waals surface area contributed by atoms with Gasteiger partial charge in [-0.15, -0.1) is 0 Å². The maximum absolute atomic E-state index is 13.1. The summed E-state index contributed by atoms with van der Waals surface area (Å²) in [6.07, 6.45) is 1.21. The molecule has 0 aromatic heterocycles. The summed E-state index contributed by atoms with van der Waals surface area (Å²) in [6, 6.07) is 43.6. The van der Waals surface area contributed by atoms with Crippen LogP contribution in [0.25, 0.3) is 0 Å². The van der Waals surface area contributed by atoms with Crippen LogP contribution < -0.4 is 10.1 Å². The third-order valence-corrected chi connectivity index (χ3v) is 7.68. The predicted octanol–water partition coefficient (Wildman–Crippen LogP) is 7.15. The van der Waals surface area contributed by atoms with Crippen molar-refractivity contribution in [2.24, 2.45) is 0 Å². The number of nitrogens with zero attached hydrogens (tertiary/aromatic N) is 1. The fourth-order valence-electron chi connectivity index (χ4n) is 5.23. The van der Waals surface area contributed by atoms with E-state index in [1.165, 1.54) is 11.1 Å². The highest BCUT2D eigenvalue weighted by Gasteiger charge is 2.21. The molecule has 0 aliphatic heterocycles. The Morgan fingerprint density at radius 2 is 1.27 bits per heavy atom. The molecule has 45 heavy (non-hydrogen) atoms. The van der Waals surface area contributed by atoms with Gasteiger partial charge in [-0.1, -0.05) is 115 Å². The molecule has 5 aromatic carbocycles. The lowest BCUT2D eigenvalue weighted by molar-refractivity contribution is -0.137. The second kappa shape index (κ2) is 16.0. The zero-order chi connectivity index (χ0) is 31.3. The van der Waals surface area contributed by atoms with E-state index in [9.17, 15) is 14.7 Å². The molecule has 6 heteroatoms. The van der Waals surface area contributed by atoms with E-state index in [4.69, 9.17) is 4.74 Å². The summed E-state index contributed by atoms with van der Waals surface area (Å²) in [5, 5.41) is 13.1. The van der Waals surface area contributed by atoms with Crippen molar-refractivity contribution in [3.63, 3.8) is 0 Å². The minimum absolute atomic E-state index is 0.160. The zero-order valence-electron chi connectivity index (χ0n) is 25.2. The second-order valence-electron chi connectivity index (χ2n) is 11.0.